The largest absolute Gasteiger partial charge is 0.497 e. The smallest absolute Gasteiger partial charge is 0.254 e. The van der Waals surface area contributed by atoms with Crippen LogP contribution < -0.4 is 4.74 Å². The van der Waals surface area contributed by atoms with Crippen molar-refractivity contribution in [3.63, 3.8) is 0 Å². The number of hydrogen-bond donors (Lipinski definition) is 1. The molecule has 0 saturated heterocycles. The van der Waals surface area contributed by atoms with Crippen molar-refractivity contribution in [3.8, 4) is 5.75 Å². The monoisotopic (exact) mass is 537 g/mol. The van der Waals surface area contributed by atoms with Gasteiger partial charge in [0.25, 0.3) is 5.91 Å². The number of carbonyl (C=O) groups is 2. The molecule has 0 spiro atoms. The summed E-state index contributed by atoms with van der Waals surface area (Å²) in [5.41, 5.74) is 5.12. The highest BCUT2D eigenvalue weighted by molar-refractivity contribution is 5.97. The van der Waals surface area contributed by atoms with E-state index in [1.165, 1.54) is 16.5 Å². The number of aromatic amines is 1. The van der Waals surface area contributed by atoms with Crippen LogP contribution in [-0.4, -0.2) is 52.8 Å². The van der Waals surface area contributed by atoms with E-state index in [0.717, 1.165) is 36.1 Å². The van der Waals surface area contributed by atoms with Gasteiger partial charge in [-0.25, -0.2) is 0 Å². The maximum Gasteiger partial charge on any atom is 0.254 e. The maximum atomic E-state index is 13.9. The molecule has 6 nitrogen and oxygen atoms in total. The minimum atomic E-state index is -0.0719. The predicted molar refractivity (Wildman–Crippen MR) is 160 cm³/mol. The number of amides is 2. The Hall–Kier alpha value is -4.06. The van der Waals surface area contributed by atoms with Crippen molar-refractivity contribution in [3.05, 3.63) is 101 Å². The second-order valence-electron chi connectivity index (χ2n) is 11.8. The number of carbonyl (C=O) groups excluding carboxylic acids is 2. The summed E-state index contributed by atoms with van der Waals surface area (Å²) < 4.78 is 5.31. The summed E-state index contributed by atoms with van der Waals surface area (Å²) in [4.78, 5) is 34.5. The van der Waals surface area contributed by atoms with Gasteiger partial charge in [-0.15, -0.1) is 0 Å². The average molecular weight is 538 g/mol. The van der Waals surface area contributed by atoms with Gasteiger partial charge in [0.15, 0.2) is 0 Å². The Balaban J connectivity index is 1.34. The maximum absolute atomic E-state index is 13.9. The summed E-state index contributed by atoms with van der Waals surface area (Å²) >= 11 is 0. The number of methoxy groups -OCH3 is 1. The third-order valence-corrected chi connectivity index (χ3v) is 7.76. The third-order valence-electron chi connectivity index (χ3n) is 7.76. The highest BCUT2D eigenvalue weighted by atomic mass is 16.5. The lowest BCUT2D eigenvalue weighted by Gasteiger charge is -2.28. The van der Waals surface area contributed by atoms with Crippen molar-refractivity contribution >= 4 is 22.7 Å². The number of benzene rings is 3. The minimum Gasteiger partial charge on any atom is -0.497 e. The minimum absolute atomic E-state index is 0.0144. The number of nitrogens with zero attached hydrogens (tertiary/aromatic N) is 2. The summed E-state index contributed by atoms with van der Waals surface area (Å²) in [6.45, 7) is 7.58. The van der Waals surface area contributed by atoms with Crippen LogP contribution in [0, 0.1) is 0 Å². The molecule has 1 saturated carbocycles. The lowest BCUT2D eigenvalue weighted by atomic mass is 9.86. The zero-order valence-corrected chi connectivity index (χ0v) is 23.9. The van der Waals surface area contributed by atoms with Crippen LogP contribution in [0.2, 0.25) is 0 Å². The first-order valence-corrected chi connectivity index (χ1v) is 14.1. The van der Waals surface area contributed by atoms with Gasteiger partial charge < -0.3 is 19.5 Å². The summed E-state index contributed by atoms with van der Waals surface area (Å²) in [5.74, 6) is 0.669. The van der Waals surface area contributed by atoms with Gasteiger partial charge in [0.2, 0.25) is 5.91 Å². The van der Waals surface area contributed by atoms with Crippen molar-refractivity contribution < 1.29 is 14.3 Å². The molecule has 40 heavy (non-hydrogen) atoms. The van der Waals surface area contributed by atoms with Crippen LogP contribution in [0.1, 0.15) is 60.7 Å². The summed E-state index contributed by atoms with van der Waals surface area (Å²) in [6, 6.07) is 24.0. The topological polar surface area (TPSA) is 65.6 Å². The van der Waals surface area contributed by atoms with Gasteiger partial charge >= 0.3 is 0 Å². The van der Waals surface area contributed by atoms with E-state index in [4.69, 9.17) is 4.74 Å². The van der Waals surface area contributed by atoms with E-state index in [0.29, 0.717) is 18.7 Å². The Morgan fingerprint density at radius 3 is 2.30 bits per heavy atom. The molecule has 1 aliphatic rings. The SMILES string of the molecule is COc1ccc(CN(CCc2c[nH]c3ccccc23)C(=O)CN(C(=O)c2ccc(C(C)(C)C)cc2)C2CC2)cc1. The molecule has 0 aliphatic heterocycles. The van der Waals surface area contributed by atoms with E-state index in [1.807, 2.05) is 71.8 Å². The molecule has 1 aromatic heterocycles. The van der Waals surface area contributed by atoms with Crippen molar-refractivity contribution in [1.29, 1.82) is 0 Å². The van der Waals surface area contributed by atoms with E-state index < -0.39 is 0 Å². The number of fused-ring (bicyclic) bond motifs is 1. The van der Waals surface area contributed by atoms with Crippen LogP contribution in [0.25, 0.3) is 10.9 Å². The summed E-state index contributed by atoms with van der Waals surface area (Å²) in [5, 5.41) is 1.17. The molecule has 0 bridgehead atoms. The van der Waals surface area contributed by atoms with Gasteiger partial charge in [0.05, 0.1) is 7.11 Å². The quantitative estimate of drug-likeness (QED) is 0.256. The molecule has 0 radical (unpaired) electrons. The van der Waals surface area contributed by atoms with E-state index in [9.17, 15) is 9.59 Å². The number of H-pyrrole nitrogens is 1. The molecule has 1 fully saturated rings. The molecule has 5 rings (SSSR count). The summed E-state index contributed by atoms with van der Waals surface area (Å²) in [7, 11) is 1.65. The van der Waals surface area contributed by atoms with Crippen LogP contribution in [-0.2, 0) is 23.2 Å². The zero-order chi connectivity index (χ0) is 28.3. The Labute approximate surface area is 236 Å². The molecule has 6 heteroatoms. The molecule has 208 valence electrons. The van der Waals surface area contributed by atoms with Crippen molar-refractivity contribution in [1.82, 2.24) is 14.8 Å². The molecular formula is C34H39N3O3. The number of ether oxygens (including phenoxy) is 1. The van der Waals surface area contributed by atoms with Crippen molar-refractivity contribution in [2.75, 3.05) is 20.2 Å². The zero-order valence-electron chi connectivity index (χ0n) is 23.9. The van der Waals surface area contributed by atoms with Gasteiger partial charge in [-0.1, -0.05) is 63.2 Å². The lowest BCUT2D eigenvalue weighted by molar-refractivity contribution is -0.132. The predicted octanol–water partition coefficient (Wildman–Crippen LogP) is 6.35. The normalized spacial score (nSPS) is 13.3. The molecule has 3 aromatic carbocycles. The number of nitrogens with one attached hydrogen (secondary N) is 1. The average Bonchev–Trinajstić information content (AvgIpc) is 3.72. The first-order valence-electron chi connectivity index (χ1n) is 14.1. The molecule has 2 amide bonds. The first kappa shape index (κ1) is 27.5. The van der Waals surface area contributed by atoms with Crippen molar-refractivity contribution in [2.24, 2.45) is 0 Å². The standard InChI is InChI=1S/C34H39N3O3/c1-34(2,3)27-13-11-25(12-14-27)33(39)37(28-15-16-28)23-32(38)36(22-24-9-17-29(40-4)18-10-24)20-19-26-21-35-31-8-6-5-7-30(26)31/h5-14,17-18,21,28,35H,15-16,19-20,22-23H2,1-4H3. The van der Waals surface area contributed by atoms with Crippen molar-refractivity contribution in [2.45, 2.75) is 58.0 Å². The van der Waals surface area contributed by atoms with Gasteiger partial charge in [0.1, 0.15) is 12.3 Å². The first-order chi connectivity index (χ1) is 19.2. The second-order valence-corrected chi connectivity index (χ2v) is 11.8. The van der Waals surface area contributed by atoms with E-state index in [2.05, 4.69) is 37.9 Å². The number of para-hydroxylation sites is 1. The molecular weight excluding hydrogens is 498 g/mol. The highest BCUT2D eigenvalue weighted by Gasteiger charge is 2.35. The van der Waals surface area contributed by atoms with Crippen LogP contribution in [0.5, 0.6) is 5.75 Å². The second kappa shape index (κ2) is 11.6. The van der Waals surface area contributed by atoms with Gasteiger partial charge in [-0.3, -0.25) is 9.59 Å². The fourth-order valence-electron chi connectivity index (χ4n) is 5.11. The number of hydrogen-bond acceptors (Lipinski definition) is 3. The van der Waals surface area contributed by atoms with E-state index >= 15 is 0 Å². The molecule has 0 atom stereocenters. The summed E-state index contributed by atoms with van der Waals surface area (Å²) in [6.07, 6.45) is 4.62. The van der Waals surface area contributed by atoms with Gasteiger partial charge in [0, 0.05) is 41.8 Å². The molecule has 1 heterocycles. The van der Waals surface area contributed by atoms with Gasteiger partial charge in [-0.05, 0) is 71.7 Å². The van der Waals surface area contributed by atoms with Gasteiger partial charge in [-0.2, -0.15) is 0 Å². The number of aromatic nitrogens is 1. The van der Waals surface area contributed by atoms with Crippen LogP contribution in [0.3, 0.4) is 0 Å². The number of rotatable bonds is 10. The third kappa shape index (κ3) is 6.39. The highest BCUT2D eigenvalue weighted by Crippen LogP contribution is 2.29. The molecule has 1 N–H and O–H groups in total. The Kier molecular flexibility index (Phi) is 7.97. The van der Waals surface area contributed by atoms with E-state index in [1.54, 1.807) is 12.0 Å². The Bertz CT molecular complexity index is 1460. The van der Waals surface area contributed by atoms with Crippen LogP contribution in [0.15, 0.2) is 79.0 Å². The Morgan fingerprint density at radius 1 is 0.950 bits per heavy atom. The molecule has 0 unspecified atom stereocenters. The Morgan fingerprint density at radius 2 is 1.65 bits per heavy atom. The fraction of sp³-hybridized carbons (Fsp3) is 0.353. The molecule has 1 aliphatic carbocycles. The van der Waals surface area contributed by atoms with Crippen LogP contribution in [0.4, 0.5) is 0 Å². The molecule has 4 aromatic rings. The van der Waals surface area contributed by atoms with E-state index in [-0.39, 0.29) is 29.8 Å². The fourth-order valence-corrected chi connectivity index (χ4v) is 5.11. The lowest BCUT2D eigenvalue weighted by Crippen LogP contribution is -2.44. The van der Waals surface area contributed by atoms with Crippen LogP contribution >= 0.6 is 0 Å².